The first-order valence-electron chi connectivity index (χ1n) is 3.57. The van der Waals surface area contributed by atoms with Crippen molar-refractivity contribution in [3.8, 4) is 0 Å². The van der Waals surface area contributed by atoms with Gasteiger partial charge in [0.15, 0.2) is 0 Å². The average Bonchev–Trinajstić information content (AvgIpc) is 1.96. The van der Waals surface area contributed by atoms with E-state index in [1.165, 1.54) is 0 Å². The molecule has 0 bridgehead atoms. The second kappa shape index (κ2) is 2.48. The van der Waals surface area contributed by atoms with Gasteiger partial charge >= 0.3 is 6.09 Å². The number of carbonyl (C=O) groups is 1. The molecule has 1 N–H and O–H groups in total. The fourth-order valence-electron chi connectivity index (χ4n) is 0.854. The first-order valence-corrected chi connectivity index (χ1v) is 3.57. The van der Waals surface area contributed by atoms with Crippen LogP contribution in [0.3, 0.4) is 0 Å². The first-order chi connectivity index (χ1) is 4.66. The third kappa shape index (κ3) is 1.40. The second-order valence-electron chi connectivity index (χ2n) is 3.09. The quantitative estimate of drug-likeness (QED) is 0.597. The summed E-state index contributed by atoms with van der Waals surface area (Å²) in [5, 5.41) is 2.66. The van der Waals surface area contributed by atoms with Crippen LogP contribution in [0.4, 0.5) is 4.79 Å². The lowest BCUT2D eigenvalue weighted by atomic mass is 9.88. The van der Waals surface area contributed by atoms with Crippen LogP contribution in [0.25, 0.3) is 0 Å². The van der Waals surface area contributed by atoms with Gasteiger partial charge in [-0.25, -0.2) is 4.79 Å². The van der Waals surface area contributed by atoms with Gasteiger partial charge in [-0.2, -0.15) is 0 Å². The van der Waals surface area contributed by atoms with Crippen molar-refractivity contribution in [3.05, 3.63) is 0 Å². The predicted octanol–water partition coefficient (Wildman–Crippen LogP) is 1.14. The number of rotatable bonds is 1. The summed E-state index contributed by atoms with van der Waals surface area (Å²) in [7, 11) is 0. The summed E-state index contributed by atoms with van der Waals surface area (Å²) in [4.78, 5) is 10.5. The number of alkyl carbamates (subject to hydrolysis) is 1. The number of nitrogens with one attached hydrogen (secondary N) is 1. The minimum atomic E-state index is -0.286. The zero-order valence-electron chi connectivity index (χ0n) is 6.44. The maximum atomic E-state index is 10.5. The lowest BCUT2D eigenvalue weighted by molar-refractivity contribution is 0.0579. The number of cyclic esters (lactones) is 1. The lowest BCUT2D eigenvalue weighted by Crippen LogP contribution is -2.45. The fourth-order valence-corrected chi connectivity index (χ4v) is 0.854. The summed E-state index contributed by atoms with van der Waals surface area (Å²) >= 11 is 0. The average molecular weight is 143 g/mol. The summed E-state index contributed by atoms with van der Waals surface area (Å²) in [6, 6.07) is 0. The molecule has 0 saturated carbocycles. The van der Waals surface area contributed by atoms with Crippen molar-refractivity contribution in [2.75, 3.05) is 13.2 Å². The predicted molar refractivity (Wildman–Crippen MR) is 37.7 cm³/mol. The van der Waals surface area contributed by atoms with Crippen LogP contribution in [0.15, 0.2) is 0 Å². The highest BCUT2D eigenvalue weighted by Crippen LogP contribution is 2.22. The van der Waals surface area contributed by atoms with Crippen LogP contribution in [-0.2, 0) is 4.74 Å². The summed E-state index contributed by atoms with van der Waals surface area (Å²) < 4.78 is 4.83. The molecule has 1 atom stereocenters. The molecule has 0 aromatic carbocycles. The van der Waals surface area contributed by atoms with Crippen molar-refractivity contribution in [1.29, 1.82) is 0 Å². The minimum absolute atomic E-state index is 0.147. The summed E-state index contributed by atoms with van der Waals surface area (Å²) in [6.07, 6.45) is 0.749. The molecule has 0 aliphatic carbocycles. The lowest BCUT2D eigenvalue weighted by Gasteiger charge is -2.31. The van der Waals surface area contributed by atoms with Gasteiger partial charge in [0.1, 0.15) is 6.61 Å². The molecule has 3 nitrogen and oxygen atoms in total. The highest BCUT2D eigenvalue weighted by Gasteiger charge is 2.28. The van der Waals surface area contributed by atoms with E-state index in [-0.39, 0.29) is 11.5 Å². The first kappa shape index (κ1) is 7.38. The number of hydrogen-bond acceptors (Lipinski definition) is 2. The van der Waals surface area contributed by atoms with Crippen molar-refractivity contribution in [2.45, 2.75) is 20.3 Å². The van der Waals surface area contributed by atoms with E-state index in [1.807, 2.05) is 0 Å². The van der Waals surface area contributed by atoms with Crippen molar-refractivity contribution < 1.29 is 9.53 Å². The van der Waals surface area contributed by atoms with Gasteiger partial charge in [-0.05, 0) is 6.42 Å². The fraction of sp³-hybridized carbons (Fsp3) is 0.857. The van der Waals surface area contributed by atoms with E-state index >= 15 is 0 Å². The van der Waals surface area contributed by atoms with Crippen molar-refractivity contribution in [2.24, 2.45) is 5.41 Å². The zero-order valence-corrected chi connectivity index (χ0v) is 6.44. The number of ether oxygens (including phenoxy) is 1. The molecule has 0 radical (unpaired) electrons. The molecule has 1 amide bonds. The molecule has 0 aromatic rings. The van der Waals surface area contributed by atoms with E-state index in [4.69, 9.17) is 4.74 Å². The van der Waals surface area contributed by atoms with Gasteiger partial charge < -0.3 is 10.1 Å². The third-order valence-electron chi connectivity index (χ3n) is 2.06. The van der Waals surface area contributed by atoms with Gasteiger partial charge in [0, 0.05) is 12.0 Å². The standard InChI is InChI=1S/C7H13NO2/c1-3-7(2)4-8-6(9)10-5-7/h3-5H2,1-2H3,(H,8,9). The molecule has 3 heteroatoms. The molecule has 1 saturated heterocycles. The van der Waals surface area contributed by atoms with Crippen LogP contribution in [0.5, 0.6) is 0 Å². The molecule has 10 heavy (non-hydrogen) atoms. The Labute approximate surface area is 60.7 Å². The molecule has 0 spiro atoms. The Morgan fingerprint density at radius 2 is 2.50 bits per heavy atom. The van der Waals surface area contributed by atoms with E-state index in [2.05, 4.69) is 19.2 Å². The molecular weight excluding hydrogens is 130 g/mol. The Morgan fingerprint density at radius 1 is 1.80 bits per heavy atom. The highest BCUT2D eigenvalue weighted by atomic mass is 16.6. The van der Waals surface area contributed by atoms with Gasteiger partial charge in [-0.15, -0.1) is 0 Å². The largest absolute Gasteiger partial charge is 0.449 e. The molecule has 58 valence electrons. The molecular formula is C7H13NO2. The summed E-state index contributed by atoms with van der Waals surface area (Å²) in [6.45, 7) is 5.49. The van der Waals surface area contributed by atoms with Gasteiger partial charge in [-0.3, -0.25) is 0 Å². The monoisotopic (exact) mass is 143 g/mol. The number of amides is 1. The Morgan fingerprint density at radius 3 is 2.90 bits per heavy atom. The van der Waals surface area contributed by atoms with Gasteiger partial charge in [0.25, 0.3) is 0 Å². The SMILES string of the molecule is CCC1(C)CNC(=O)OC1. The van der Waals surface area contributed by atoms with Crippen molar-refractivity contribution in [1.82, 2.24) is 5.32 Å². The maximum Gasteiger partial charge on any atom is 0.407 e. The Hall–Kier alpha value is -0.730. The van der Waals surface area contributed by atoms with Crippen LogP contribution in [0.1, 0.15) is 20.3 Å². The molecule has 1 aliphatic heterocycles. The Balaban J connectivity index is 2.46. The number of hydrogen-bond donors (Lipinski definition) is 1. The van der Waals surface area contributed by atoms with Crippen LogP contribution in [0, 0.1) is 5.41 Å². The summed E-state index contributed by atoms with van der Waals surface area (Å²) in [5.41, 5.74) is 0.147. The topological polar surface area (TPSA) is 38.3 Å². The summed E-state index contributed by atoms with van der Waals surface area (Å²) in [5.74, 6) is 0. The molecule has 1 rings (SSSR count). The van der Waals surface area contributed by atoms with E-state index in [0.29, 0.717) is 6.61 Å². The van der Waals surface area contributed by atoms with Crippen LogP contribution in [-0.4, -0.2) is 19.2 Å². The smallest absolute Gasteiger partial charge is 0.407 e. The zero-order chi connectivity index (χ0) is 7.61. The Kier molecular flexibility index (Phi) is 1.83. The van der Waals surface area contributed by atoms with Gasteiger partial charge in [0.05, 0.1) is 0 Å². The Bertz CT molecular complexity index is 135. The second-order valence-corrected chi connectivity index (χ2v) is 3.09. The minimum Gasteiger partial charge on any atom is -0.449 e. The van der Waals surface area contributed by atoms with Crippen molar-refractivity contribution in [3.63, 3.8) is 0 Å². The molecule has 1 heterocycles. The van der Waals surface area contributed by atoms with E-state index < -0.39 is 0 Å². The van der Waals surface area contributed by atoms with Crippen LogP contribution in [0.2, 0.25) is 0 Å². The van der Waals surface area contributed by atoms with Crippen molar-refractivity contribution >= 4 is 6.09 Å². The van der Waals surface area contributed by atoms with E-state index in [9.17, 15) is 4.79 Å². The van der Waals surface area contributed by atoms with E-state index in [0.717, 1.165) is 13.0 Å². The normalized spacial score (nSPS) is 32.8. The third-order valence-corrected chi connectivity index (χ3v) is 2.06. The van der Waals surface area contributed by atoms with Gasteiger partial charge in [0.2, 0.25) is 0 Å². The van der Waals surface area contributed by atoms with Crippen LogP contribution >= 0.6 is 0 Å². The maximum absolute atomic E-state index is 10.5. The highest BCUT2D eigenvalue weighted by molar-refractivity contribution is 5.67. The molecule has 1 aliphatic rings. The molecule has 1 fully saturated rings. The van der Waals surface area contributed by atoms with Gasteiger partial charge in [-0.1, -0.05) is 13.8 Å². The molecule has 1 unspecified atom stereocenters. The van der Waals surface area contributed by atoms with Crippen LogP contribution < -0.4 is 5.32 Å². The van der Waals surface area contributed by atoms with E-state index in [1.54, 1.807) is 0 Å². The molecule has 0 aromatic heterocycles. The number of carbonyl (C=O) groups excluding carboxylic acids is 1.